The Balaban J connectivity index is 1.77. The number of hydrogen-bond acceptors (Lipinski definition) is 6. The number of benzene rings is 2. The van der Waals surface area contributed by atoms with E-state index >= 15 is 0 Å². The summed E-state index contributed by atoms with van der Waals surface area (Å²) in [5, 5.41) is 8.18. The summed E-state index contributed by atoms with van der Waals surface area (Å²) in [5.41, 5.74) is 6.22. The lowest BCUT2D eigenvalue weighted by atomic mass is 9.92. The van der Waals surface area contributed by atoms with Gasteiger partial charge in [0.25, 0.3) is 0 Å². The number of esters is 1. The van der Waals surface area contributed by atoms with Crippen molar-refractivity contribution in [1.29, 1.82) is 0 Å². The summed E-state index contributed by atoms with van der Waals surface area (Å²) < 4.78 is 16.6. The molecule has 2 N–H and O–H groups in total. The molecule has 3 rings (SSSR count). The maximum absolute atomic E-state index is 11.6. The van der Waals surface area contributed by atoms with Gasteiger partial charge in [0.1, 0.15) is 17.1 Å². The monoisotopic (exact) mass is 455 g/mol. The fourth-order valence-corrected chi connectivity index (χ4v) is 3.56. The molecule has 0 amide bonds. The first-order valence-electron chi connectivity index (χ1n) is 10.6. The van der Waals surface area contributed by atoms with Gasteiger partial charge in [0.2, 0.25) is 0 Å². The van der Waals surface area contributed by atoms with Crippen molar-refractivity contribution in [3.63, 3.8) is 0 Å². The Labute approximate surface area is 194 Å². The molecule has 32 heavy (non-hydrogen) atoms. The third-order valence-electron chi connectivity index (χ3n) is 4.84. The quantitative estimate of drug-likeness (QED) is 0.363. The molecular formula is C24H29N3O4S. The molecule has 1 aliphatic heterocycles. The molecule has 0 spiro atoms. The van der Waals surface area contributed by atoms with Crippen LogP contribution in [0.2, 0.25) is 0 Å². The number of ether oxygens (including phenoxy) is 3. The van der Waals surface area contributed by atoms with Crippen molar-refractivity contribution in [3.8, 4) is 11.5 Å². The number of carbonyl (C=O) groups is 1. The molecular weight excluding hydrogens is 426 g/mol. The number of rotatable bonds is 7. The lowest BCUT2D eigenvalue weighted by molar-refractivity contribution is -0.145. The summed E-state index contributed by atoms with van der Waals surface area (Å²) in [7, 11) is 0. The predicted molar refractivity (Wildman–Crippen MR) is 130 cm³/mol. The van der Waals surface area contributed by atoms with Crippen molar-refractivity contribution in [2.75, 3.05) is 18.5 Å². The Kier molecular flexibility index (Phi) is 7.69. The summed E-state index contributed by atoms with van der Waals surface area (Å²) >= 11 is 5.45. The van der Waals surface area contributed by atoms with Crippen LogP contribution < -0.4 is 20.2 Å². The molecule has 7 nitrogen and oxygen atoms in total. The van der Waals surface area contributed by atoms with E-state index < -0.39 is 11.6 Å². The number of nitrogens with zero attached hydrogens (tertiary/aromatic N) is 1. The van der Waals surface area contributed by atoms with Gasteiger partial charge in [-0.25, -0.2) is 4.79 Å². The number of fused-ring (bicyclic) bond motifs is 1. The van der Waals surface area contributed by atoms with Crippen LogP contribution in [0.3, 0.4) is 0 Å². The molecule has 2 aromatic rings. The number of hydrogen-bond donors (Lipinski definition) is 2. The summed E-state index contributed by atoms with van der Waals surface area (Å²) in [4.78, 5) is 11.6. The summed E-state index contributed by atoms with van der Waals surface area (Å²) in [5.74, 6) is 0.813. The number of para-hydroxylation sites is 1. The van der Waals surface area contributed by atoms with Crippen molar-refractivity contribution in [2.24, 2.45) is 5.10 Å². The minimum Gasteiger partial charge on any atom is -0.487 e. The third-order valence-corrected chi connectivity index (χ3v) is 5.04. The normalized spacial score (nSPS) is 15.3. The fourth-order valence-electron chi connectivity index (χ4n) is 3.41. The molecule has 1 aliphatic rings. The number of hydrazone groups is 1. The van der Waals surface area contributed by atoms with E-state index in [-0.39, 0.29) is 6.61 Å². The van der Waals surface area contributed by atoms with Crippen LogP contribution in [0.15, 0.2) is 47.6 Å². The first-order valence-corrected chi connectivity index (χ1v) is 11.1. The Morgan fingerprint density at radius 2 is 2.00 bits per heavy atom. The Morgan fingerprint density at radius 3 is 2.75 bits per heavy atom. The highest BCUT2D eigenvalue weighted by Gasteiger charge is 2.31. The second-order valence-electron chi connectivity index (χ2n) is 7.93. The maximum atomic E-state index is 11.6. The van der Waals surface area contributed by atoms with Crippen LogP contribution >= 0.6 is 12.2 Å². The van der Waals surface area contributed by atoms with Crippen molar-refractivity contribution in [1.82, 2.24) is 5.43 Å². The molecule has 0 bridgehead atoms. The van der Waals surface area contributed by atoms with Crippen molar-refractivity contribution in [3.05, 3.63) is 53.6 Å². The summed E-state index contributed by atoms with van der Waals surface area (Å²) in [6.07, 6.45) is 1.47. The van der Waals surface area contributed by atoms with Crippen LogP contribution in [0.4, 0.5) is 5.69 Å². The van der Waals surface area contributed by atoms with Crippen LogP contribution in [-0.4, -0.2) is 35.6 Å². The van der Waals surface area contributed by atoms with Crippen LogP contribution in [-0.2, 0) is 16.0 Å². The predicted octanol–water partition coefficient (Wildman–Crippen LogP) is 4.44. The average molecular weight is 456 g/mol. The minimum atomic E-state index is -0.426. The van der Waals surface area contributed by atoms with E-state index in [1.165, 1.54) is 5.56 Å². The van der Waals surface area contributed by atoms with Crippen molar-refractivity contribution in [2.45, 2.75) is 46.1 Å². The Morgan fingerprint density at radius 1 is 1.22 bits per heavy atom. The standard InChI is InChI=1S/C24H29N3O4S/c1-5-16-9-7-8-10-19(16)25-23(32)27-26-20-14-24(3,4)31-21-12-11-17(13-18(20)21)30-15-22(28)29-6-2/h7-13H,5-6,14-15H2,1-4H3,(H2,25,27,32)/b26-20+. The van der Waals surface area contributed by atoms with E-state index in [0.29, 0.717) is 29.6 Å². The van der Waals surface area contributed by atoms with Crippen LogP contribution in [0.1, 0.15) is 45.2 Å². The second kappa shape index (κ2) is 10.5. The van der Waals surface area contributed by atoms with E-state index in [1.54, 1.807) is 13.0 Å². The van der Waals surface area contributed by atoms with E-state index in [4.69, 9.17) is 26.4 Å². The van der Waals surface area contributed by atoms with E-state index in [1.807, 2.05) is 44.2 Å². The summed E-state index contributed by atoms with van der Waals surface area (Å²) in [6.45, 7) is 8.02. The van der Waals surface area contributed by atoms with Gasteiger partial charge in [-0.05, 0) is 69.2 Å². The van der Waals surface area contributed by atoms with E-state index in [2.05, 4.69) is 28.8 Å². The largest absolute Gasteiger partial charge is 0.487 e. The van der Waals surface area contributed by atoms with Gasteiger partial charge in [-0.3, -0.25) is 5.43 Å². The van der Waals surface area contributed by atoms with Gasteiger partial charge in [-0.15, -0.1) is 0 Å². The van der Waals surface area contributed by atoms with Gasteiger partial charge in [0, 0.05) is 17.7 Å². The molecule has 0 aliphatic carbocycles. The molecule has 0 radical (unpaired) electrons. The Bertz CT molecular complexity index is 1020. The molecule has 0 aromatic heterocycles. The first-order chi connectivity index (χ1) is 15.3. The number of anilines is 1. The lowest BCUT2D eigenvalue weighted by Crippen LogP contribution is -2.37. The molecule has 170 valence electrons. The van der Waals surface area contributed by atoms with Crippen LogP contribution in [0.5, 0.6) is 11.5 Å². The number of thiocarbonyl (C=S) groups is 1. The fraction of sp³-hybridized carbons (Fsp3) is 0.375. The molecule has 0 saturated heterocycles. The third kappa shape index (κ3) is 6.20. The topological polar surface area (TPSA) is 81.2 Å². The first kappa shape index (κ1) is 23.5. The van der Waals surface area contributed by atoms with Crippen LogP contribution in [0.25, 0.3) is 0 Å². The SMILES string of the molecule is CCOC(=O)COc1ccc2c(c1)/C(=N/NC(=S)Nc1ccccc1CC)CC(C)(C)O2. The summed E-state index contributed by atoms with van der Waals surface area (Å²) in [6, 6.07) is 13.4. The van der Waals surface area contributed by atoms with Gasteiger partial charge in [-0.1, -0.05) is 25.1 Å². The van der Waals surface area contributed by atoms with Gasteiger partial charge in [0.05, 0.1) is 12.3 Å². The zero-order valence-corrected chi connectivity index (χ0v) is 19.7. The molecule has 1 heterocycles. The highest BCUT2D eigenvalue weighted by atomic mass is 32.1. The second-order valence-corrected chi connectivity index (χ2v) is 8.33. The molecule has 0 saturated carbocycles. The number of aryl methyl sites for hydroxylation is 1. The highest BCUT2D eigenvalue weighted by molar-refractivity contribution is 7.80. The molecule has 0 atom stereocenters. The molecule has 2 aromatic carbocycles. The average Bonchev–Trinajstić information content (AvgIpc) is 2.76. The molecule has 0 unspecified atom stereocenters. The Hall–Kier alpha value is -3.13. The van der Waals surface area contributed by atoms with Crippen LogP contribution in [0, 0.1) is 0 Å². The highest BCUT2D eigenvalue weighted by Crippen LogP contribution is 2.35. The molecule has 0 fully saturated rings. The van der Waals surface area contributed by atoms with Crippen molar-refractivity contribution < 1.29 is 19.0 Å². The van der Waals surface area contributed by atoms with Gasteiger partial charge >= 0.3 is 5.97 Å². The van der Waals surface area contributed by atoms with Gasteiger partial charge in [-0.2, -0.15) is 5.10 Å². The van der Waals surface area contributed by atoms with E-state index in [0.717, 1.165) is 23.4 Å². The lowest BCUT2D eigenvalue weighted by Gasteiger charge is -2.33. The smallest absolute Gasteiger partial charge is 0.344 e. The van der Waals surface area contributed by atoms with E-state index in [9.17, 15) is 4.79 Å². The number of carbonyl (C=O) groups excluding carboxylic acids is 1. The zero-order valence-electron chi connectivity index (χ0n) is 18.9. The minimum absolute atomic E-state index is 0.158. The zero-order chi connectivity index (χ0) is 23.1. The van der Waals surface area contributed by atoms with Gasteiger partial charge < -0.3 is 19.5 Å². The maximum Gasteiger partial charge on any atom is 0.344 e. The molecule has 8 heteroatoms. The van der Waals surface area contributed by atoms with Crippen molar-refractivity contribution >= 4 is 34.7 Å². The van der Waals surface area contributed by atoms with Gasteiger partial charge in [0.15, 0.2) is 11.7 Å². The number of nitrogens with one attached hydrogen (secondary N) is 2.